The maximum atomic E-state index is 14.6. The molecule has 1 saturated heterocycles. The molecule has 1 aromatic carbocycles. The SMILES string of the molecule is C=CC1C[C@@]1(C=O)NC(=O)C1C[C@@H](Oc2cc(-c3nnc(NC(C)C)s3)nc3c(Cl)c(OC)ccc23)CN1C(=O)C(NC(=O)O[C@@H]1C[C@@H]2C[C@@H]2C1)C(C)(C)C. The van der Waals surface area contributed by atoms with Crippen LogP contribution in [0.15, 0.2) is 30.9 Å². The third-order valence-corrected chi connectivity index (χ3v) is 12.3. The number of nitrogens with one attached hydrogen (secondary N) is 3. The van der Waals surface area contributed by atoms with Crippen molar-refractivity contribution in [3.05, 3.63) is 35.9 Å². The van der Waals surface area contributed by atoms with Gasteiger partial charge in [0.15, 0.2) is 5.01 Å². The maximum absolute atomic E-state index is 14.6. The quantitative estimate of drug-likeness (QED) is 0.141. The van der Waals surface area contributed by atoms with E-state index in [1.165, 1.54) is 29.8 Å². The molecule has 4 fully saturated rings. The standard InChI is InChI=1S/C39H48ClN7O7S/c1-8-22-16-39(22,18-48)44-33(49)27-14-24(17-47(27)35(50)32(38(4,5)6)43-37(51)54-23-12-20-11-21(20)13-23)53-29-15-26(34-45-46-36(55-34)41-19(2)3)42-31-25(29)9-10-28(52-7)30(31)40/h8-10,15,18-24,27,32H,1,11-14,16-17H2,2-7H3,(H,41,46)(H,43,51)(H,44,49)/t20-,21+,22?,23+,24-,27?,32?,39+/m1/s1. The Morgan fingerprint density at radius 1 is 1.09 bits per heavy atom. The van der Waals surface area contributed by atoms with Gasteiger partial charge in [-0.15, -0.1) is 16.8 Å². The number of anilines is 1. The Bertz CT molecular complexity index is 2010. The summed E-state index contributed by atoms with van der Waals surface area (Å²) in [7, 11) is 1.52. The van der Waals surface area contributed by atoms with Crippen LogP contribution in [0.3, 0.4) is 0 Å². The molecule has 1 aliphatic heterocycles. The van der Waals surface area contributed by atoms with Crippen LogP contribution in [-0.2, 0) is 19.1 Å². The fourth-order valence-electron chi connectivity index (χ4n) is 7.85. The van der Waals surface area contributed by atoms with E-state index in [0.29, 0.717) is 56.5 Å². The highest BCUT2D eigenvalue weighted by Crippen LogP contribution is 2.52. The molecule has 0 spiro atoms. The lowest BCUT2D eigenvalue weighted by Gasteiger charge is -2.35. The summed E-state index contributed by atoms with van der Waals surface area (Å²) in [4.78, 5) is 60.4. The maximum Gasteiger partial charge on any atom is 0.408 e. The average molecular weight is 794 g/mol. The fourth-order valence-corrected chi connectivity index (χ4v) is 8.99. The van der Waals surface area contributed by atoms with Crippen molar-refractivity contribution in [3.8, 4) is 22.2 Å². The van der Waals surface area contributed by atoms with E-state index >= 15 is 0 Å². The molecular formula is C39H48ClN7O7S. The Morgan fingerprint density at radius 2 is 1.84 bits per heavy atom. The van der Waals surface area contributed by atoms with Gasteiger partial charge in [0.1, 0.15) is 58.3 Å². The molecule has 14 nitrogen and oxygen atoms in total. The number of rotatable bonds is 13. The van der Waals surface area contributed by atoms with Crippen LogP contribution in [-0.4, -0.2) is 93.8 Å². The van der Waals surface area contributed by atoms with E-state index in [2.05, 4.69) is 32.7 Å². The Kier molecular flexibility index (Phi) is 10.5. The number of carbonyl (C=O) groups is 4. The van der Waals surface area contributed by atoms with Crippen LogP contribution in [0.25, 0.3) is 21.6 Å². The molecule has 0 bridgehead atoms. The number of fused-ring (bicyclic) bond motifs is 2. The predicted molar refractivity (Wildman–Crippen MR) is 208 cm³/mol. The van der Waals surface area contributed by atoms with Gasteiger partial charge < -0.3 is 39.9 Å². The van der Waals surface area contributed by atoms with E-state index in [0.717, 1.165) is 19.1 Å². The number of aromatic nitrogens is 3. The molecule has 3 heterocycles. The number of pyridine rings is 1. The molecule has 3 aliphatic carbocycles. The second kappa shape index (κ2) is 14.9. The predicted octanol–water partition coefficient (Wildman–Crippen LogP) is 5.78. The number of ether oxygens (including phenoxy) is 3. The Labute approximate surface area is 329 Å². The zero-order chi connectivity index (χ0) is 39.4. The summed E-state index contributed by atoms with van der Waals surface area (Å²) in [6, 6.07) is 3.34. The van der Waals surface area contributed by atoms with E-state index in [4.69, 9.17) is 30.8 Å². The number of carbonyl (C=O) groups excluding carboxylic acids is 4. The Hall–Kier alpha value is -4.50. The topological polar surface area (TPSA) is 174 Å². The van der Waals surface area contributed by atoms with Gasteiger partial charge in [0, 0.05) is 29.8 Å². The summed E-state index contributed by atoms with van der Waals surface area (Å²) in [5.41, 5.74) is -0.968. The molecule has 16 heteroatoms. The highest BCUT2D eigenvalue weighted by Gasteiger charge is 2.56. The third kappa shape index (κ3) is 7.95. The lowest BCUT2D eigenvalue weighted by atomic mass is 9.85. The van der Waals surface area contributed by atoms with Gasteiger partial charge in [0.25, 0.3) is 0 Å². The summed E-state index contributed by atoms with van der Waals surface area (Å²) in [5.74, 6) is 0.876. The Morgan fingerprint density at radius 3 is 2.47 bits per heavy atom. The van der Waals surface area contributed by atoms with Gasteiger partial charge in [-0.1, -0.05) is 49.8 Å². The first-order valence-corrected chi connectivity index (χ1v) is 19.9. The number of nitrogens with zero attached hydrogens (tertiary/aromatic N) is 4. The second-order valence-electron chi connectivity index (χ2n) is 16.6. The zero-order valence-electron chi connectivity index (χ0n) is 31.9. The molecule has 3 unspecified atom stereocenters. The van der Waals surface area contributed by atoms with Crippen molar-refractivity contribution in [3.63, 3.8) is 0 Å². The van der Waals surface area contributed by atoms with Crippen LogP contribution < -0.4 is 25.4 Å². The molecule has 2 aromatic heterocycles. The number of methoxy groups -OCH3 is 1. The highest BCUT2D eigenvalue weighted by molar-refractivity contribution is 7.18. The molecule has 3 N–H and O–H groups in total. The molecule has 3 amide bonds. The van der Waals surface area contributed by atoms with Gasteiger partial charge in [-0.25, -0.2) is 9.78 Å². The minimum Gasteiger partial charge on any atom is -0.495 e. The number of benzene rings is 1. The molecular weight excluding hydrogens is 746 g/mol. The van der Waals surface area contributed by atoms with Gasteiger partial charge in [-0.05, 0) is 68.9 Å². The normalized spacial score (nSPS) is 27.2. The highest BCUT2D eigenvalue weighted by atomic mass is 35.5. The van der Waals surface area contributed by atoms with Crippen molar-refractivity contribution in [2.75, 3.05) is 19.0 Å². The first-order chi connectivity index (χ1) is 26.1. The number of aldehydes is 1. The van der Waals surface area contributed by atoms with Gasteiger partial charge in [0.05, 0.1) is 19.2 Å². The molecule has 3 aromatic rings. The van der Waals surface area contributed by atoms with Crippen molar-refractivity contribution < 1.29 is 33.4 Å². The van der Waals surface area contributed by atoms with Gasteiger partial charge in [-0.3, -0.25) is 9.59 Å². The van der Waals surface area contributed by atoms with E-state index in [1.54, 1.807) is 24.3 Å². The fraction of sp³-hybridized carbons (Fsp3) is 0.564. The van der Waals surface area contributed by atoms with Gasteiger partial charge >= 0.3 is 6.09 Å². The van der Waals surface area contributed by atoms with Crippen molar-refractivity contribution in [2.45, 2.75) is 103 Å². The van der Waals surface area contributed by atoms with Crippen LogP contribution >= 0.6 is 22.9 Å². The summed E-state index contributed by atoms with van der Waals surface area (Å²) in [5, 5.41) is 19.6. The van der Waals surface area contributed by atoms with E-state index in [1.807, 2.05) is 34.6 Å². The number of halogens is 1. The first-order valence-electron chi connectivity index (χ1n) is 18.8. The zero-order valence-corrected chi connectivity index (χ0v) is 33.5. The monoisotopic (exact) mass is 793 g/mol. The minimum atomic E-state index is -1.09. The summed E-state index contributed by atoms with van der Waals surface area (Å²) >= 11 is 8.13. The lowest BCUT2D eigenvalue weighted by molar-refractivity contribution is -0.142. The number of alkyl carbamates (subject to hydrolysis) is 1. The van der Waals surface area contributed by atoms with Gasteiger partial charge in [0.2, 0.25) is 16.9 Å². The van der Waals surface area contributed by atoms with Crippen molar-refractivity contribution in [1.82, 2.24) is 30.7 Å². The van der Waals surface area contributed by atoms with E-state index < -0.39 is 47.0 Å². The Balaban J connectivity index is 1.19. The number of hydrogen-bond donors (Lipinski definition) is 3. The van der Waals surface area contributed by atoms with Crippen molar-refractivity contribution in [1.29, 1.82) is 0 Å². The molecule has 294 valence electrons. The van der Waals surface area contributed by atoms with Gasteiger partial charge in [-0.2, -0.15) is 0 Å². The summed E-state index contributed by atoms with van der Waals surface area (Å²) in [6.07, 6.45) is 4.22. The largest absolute Gasteiger partial charge is 0.495 e. The molecule has 4 aliphatic rings. The van der Waals surface area contributed by atoms with Crippen LogP contribution in [0.1, 0.15) is 66.7 Å². The third-order valence-electron chi connectivity index (χ3n) is 11.0. The van der Waals surface area contributed by atoms with Crippen molar-refractivity contribution in [2.24, 2.45) is 23.2 Å². The smallest absolute Gasteiger partial charge is 0.408 e. The number of amides is 3. The number of likely N-dealkylation sites (tertiary alicyclic amines) is 1. The lowest BCUT2D eigenvalue weighted by Crippen LogP contribution is -2.59. The van der Waals surface area contributed by atoms with E-state index in [-0.39, 0.29) is 36.1 Å². The molecule has 3 saturated carbocycles. The minimum absolute atomic E-state index is 0.00941. The van der Waals surface area contributed by atoms with Crippen LogP contribution in [0.4, 0.5) is 9.93 Å². The van der Waals surface area contributed by atoms with Crippen LogP contribution in [0, 0.1) is 23.2 Å². The van der Waals surface area contributed by atoms with Crippen LogP contribution in [0.2, 0.25) is 5.02 Å². The molecule has 7 rings (SSSR count). The molecule has 0 radical (unpaired) electrons. The first kappa shape index (κ1) is 38.8. The van der Waals surface area contributed by atoms with Crippen LogP contribution in [0.5, 0.6) is 11.5 Å². The molecule has 8 atom stereocenters. The average Bonchev–Trinajstić information content (AvgIpc) is 3.78. The van der Waals surface area contributed by atoms with E-state index in [9.17, 15) is 19.2 Å². The summed E-state index contributed by atoms with van der Waals surface area (Å²) < 4.78 is 18.0. The van der Waals surface area contributed by atoms with Crippen molar-refractivity contribution >= 4 is 63.2 Å². The molecule has 55 heavy (non-hydrogen) atoms. The number of hydrogen-bond acceptors (Lipinski definition) is 12. The summed E-state index contributed by atoms with van der Waals surface area (Å²) in [6.45, 7) is 13.3. The second-order valence-corrected chi connectivity index (χ2v) is 17.9.